The number of fused-ring (bicyclic) bond motifs is 1. The number of amides is 1. The number of anilines is 1. The molecule has 2 N–H and O–H groups in total. The van der Waals surface area contributed by atoms with E-state index in [-0.39, 0.29) is 11.8 Å². The van der Waals surface area contributed by atoms with Crippen LogP contribution in [0.2, 0.25) is 0 Å². The topological polar surface area (TPSA) is 94.8 Å². The Morgan fingerprint density at radius 3 is 2.59 bits per heavy atom. The van der Waals surface area contributed by atoms with Gasteiger partial charge >= 0.3 is 5.97 Å². The first-order valence-corrected chi connectivity index (χ1v) is 9.32. The lowest BCUT2D eigenvalue weighted by molar-refractivity contribution is -0.122. The van der Waals surface area contributed by atoms with E-state index in [1.54, 1.807) is 13.1 Å². The number of hydrogen-bond donors (Lipinski definition) is 1. The molecular formula is C20H25N3O4. The van der Waals surface area contributed by atoms with Crippen LogP contribution in [0.25, 0.3) is 10.9 Å². The van der Waals surface area contributed by atoms with Crippen LogP contribution in [0.1, 0.15) is 37.0 Å². The van der Waals surface area contributed by atoms with Gasteiger partial charge in [0.1, 0.15) is 11.3 Å². The average Bonchev–Trinajstić information content (AvgIpc) is 2.67. The molecule has 0 spiro atoms. The number of benzene rings is 1. The molecule has 0 unspecified atom stereocenters. The first-order chi connectivity index (χ1) is 13.0. The fourth-order valence-electron chi connectivity index (χ4n) is 3.50. The van der Waals surface area contributed by atoms with Crippen molar-refractivity contribution in [2.24, 2.45) is 11.7 Å². The smallest absolute Gasteiger partial charge is 0.341 e. The molecule has 0 bridgehead atoms. The minimum atomic E-state index is -0.402. The highest BCUT2D eigenvalue weighted by Crippen LogP contribution is 2.35. The molecule has 3 rings (SSSR count). The predicted octanol–water partition coefficient (Wildman–Crippen LogP) is 2.51. The first-order valence-electron chi connectivity index (χ1n) is 9.32. The number of primary amides is 1. The highest BCUT2D eigenvalue weighted by molar-refractivity contribution is 6.05. The molecule has 0 radical (unpaired) electrons. The lowest BCUT2D eigenvalue weighted by atomic mass is 9.95. The molecule has 1 aromatic heterocycles. The maximum absolute atomic E-state index is 12.5. The van der Waals surface area contributed by atoms with Crippen molar-refractivity contribution in [3.63, 3.8) is 0 Å². The van der Waals surface area contributed by atoms with E-state index >= 15 is 0 Å². The normalized spacial score (nSPS) is 15.0. The van der Waals surface area contributed by atoms with E-state index < -0.39 is 5.97 Å². The molecule has 7 nitrogen and oxygen atoms in total. The van der Waals surface area contributed by atoms with Crippen LogP contribution >= 0.6 is 0 Å². The number of nitrogens with zero attached hydrogens (tertiary/aromatic N) is 2. The fourth-order valence-corrected chi connectivity index (χ4v) is 3.50. The Balaban J connectivity index is 2.07. The first kappa shape index (κ1) is 18.9. The zero-order valence-electron chi connectivity index (χ0n) is 15.7. The van der Waals surface area contributed by atoms with E-state index in [1.165, 1.54) is 0 Å². The van der Waals surface area contributed by atoms with Gasteiger partial charge in [-0.2, -0.15) is 0 Å². The lowest BCUT2D eigenvalue weighted by Gasteiger charge is -2.34. The quantitative estimate of drug-likeness (QED) is 0.784. The Labute approximate surface area is 158 Å². The summed E-state index contributed by atoms with van der Waals surface area (Å²) in [6.45, 7) is 5.81. The molecule has 1 amide bonds. The molecule has 1 aliphatic rings. The molecule has 1 aliphatic heterocycles. The Bertz CT molecular complexity index is 844. The van der Waals surface area contributed by atoms with Crippen LogP contribution in [0.15, 0.2) is 24.4 Å². The zero-order chi connectivity index (χ0) is 19.4. The summed E-state index contributed by atoms with van der Waals surface area (Å²) in [6.07, 6.45) is 2.88. The van der Waals surface area contributed by atoms with E-state index in [9.17, 15) is 9.59 Å². The standard InChI is InChI=1S/C20H25N3O4/c1-3-26-14-5-6-17-15(11-14)18(16(12-22-17)20(25)27-4-2)23-9-7-13(8-10-23)19(21)24/h5-6,11-13H,3-4,7-10H2,1-2H3,(H2,21,24). The second-order valence-corrected chi connectivity index (χ2v) is 6.52. The number of piperidine rings is 1. The maximum atomic E-state index is 12.5. The summed E-state index contributed by atoms with van der Waals surface area (Å²) < 4.78 is 10.9. The molecule has 2 aromatic rings. The van der Waals surface area contributed by atoms with Crippen LogP contribution in [0.5, 0.6) is 5.75 Å². The summed E-state index contributed by atoms with van der Waals surface area (Å²) in [5.41, 5.74) is 7.44. The van der Waals surface area contributed by atoms with Crippen molar-refractivity contribution in [3.8, 4) is 5.75 Å². The summed E-state index contributed by atoms with van der Waals surface area (Å²) in [5.74, 6) is -0.0697. The summed E-state index contributed by atoms with van der Waals surface area (Å²) in [7, 11) is 0. The van der Waals surface area contributed by atoms with Crippen LogP contribution in [0.4, 0.5) is 5.69 Å². The van der Waals surface area contributed by atoms with Crippen LogP contribution in [-0.4, -0.2) is 43.2 Å². The SMILES string of the molecule is CCOC(=O)c1cnc2ccc(OCC)cc2c1N1CCC(C(N)=O)CC1. The third kappa shape index (κ3) is 3.97. The van der Waals surface area contributed by atoms with Crippen LogP contribution in [0, 0.1) is 5.92 Å². The molecule has 144 valence electrons. The van der Waals surface area contributed by atoms with Gasteiger partial charge in [-0.1, -0.05) is 0 Å². The Morgan fingerprint density at radius 1 is 1.22 bits per heavy atom. The number of rotatable bonds is 6. The molecule has 27 heavy (non-hydrogen) atoms. The van der Waals surface area contributed by atoms with E-state index in [2.05, 4.69) is 9.88 Å². The van der Waals surface area contributed by atoms with Gasteiger partial charge in [0, 0.05) is 30.6 Å². The van der Waals surface area contributed by atoms with Crippen LogP contribution < -0.4 is 15.4 Å². The minimum Gasteiger partial charge on any atom is -0.494 e. The molecule has 0 aliphatic carbocycles. The fraction of sp³-hybridized carbons (Fsp3) is 0.450. The molecule has 1 aromatic carbocycles. The Hall–Kier alpha value is -2.83. The van der Waals surface area contributed by atoms with E-state index in [1.807, 2.05) is 25.1 Å². The highest BCUT2D eigenvalue weighted by Gasteiger charge is 2.28. The average molecular weight is 371 g/mol. The van der Waals surface area contributed by atoms with Gasteiger partial charge in [0.25, 0.3) is 0 Å². The van der Waals surface area contributed by atoms with Crippen molar-refractivity contribution in [2.75, 3.05) is 31.2 Å². The molecular weight excluding hydrogens is 346 g/mol. The Kier molecular flexibility index (Phi) is 5.78. The number of nitrogens with two attached hydrogens (primary N) is 1. The van der Waals surface area contributed by atoms with Gasteiger partial charge in [0.05, 0.1) is 24.4 Å². The van der Waals surface area contributed by atoms with Crippen molar-refractivity contribution in [3.05, 3.63) is 30.0 Å². The lowest BCUT2D eigenvalue weighted by Crippen LogP contribution is -2.39. The van der Waals surface area contributed by atoms with Gasteiger partial charge < -0.3 is 20.1 Å². The molecule has 2 heterocycles. The van der Waals surface area contributed by atoms with E-state index in [4.69, 9.17) is 15.2 Å². The second-order valence-electron chi connectivity index (χ2n) is 6.52. The van der Waals surface area contributed by atoms with Crippen molar-refractivity contribution in [1.82, 2.24) is 4.98 Å². The number of ether oxygens (including phenoxy) is 2. The van der Waals surface area contributed by atoms with Crippen LogP contribution in [0.3, 0.4) is 0 Å². The van der Waals surface area contributed by atoms with Crippen LogP contribution in [-0.2, 0) is 9.53 Å². The number of carbonyl (C=O) groups is 2. The van der Waals surface area contributed by atoms with Crippen molar-refractivity contribution >= 4 is 28.5 Å². The number of carbonyl (C=O) groups excluding carboxylic acids is 2. The maximum Gasteiger partial charge on any atom is 0.341 e. The van der Waals surface area contributed by atoms with Crippen molar-refractivity contribution < 1.29 is 19.1 Å². The molecule has 1 fully saturated rings. The van der Waals surface area contributed by atoms with Gasteiger partial charge in [-0.25, -0.2) is 4.79 Å². The van der Waals surface area contributed by atoms with Gasteiger partial charge in [-0.3, -0.25) is 9.78 Å². The van der Waals surface area contributed by atoms with Gasteiger partial charge in [0.15, 0.2) is 0 Å². The summed E-state index contributed by atoms with van der Waals surface area (Å²) in [6, 6.07) is 5.66. The molecule has 1 saturated heterocycles. The van der Waals surface area contributed by atoms with E-state index in [0.29, 0.717) is 44.7 Å². The number of pyridine rings is 1. The third-order valence-corrected chi connectivity index (χ3v) is 4.83. The summed E-state index contributed by atoms with van der Waals surface area (Å²) in [4.78, 5) is 30.6. The van der Waals surface area contributed by atoms with Gasteiger partial charge in [0.2, 0.25) is 5.91 Å². The largest absolute Gasteiger partial charge is 0.494 e. The third-order valence-electron chi connectivity index (χ3n) is 4.83. The highest BCUT2D eigenvalue weighted by atomic mass is 16.5. The summed E-state index contributed by atoms with van der Waals surface area (Å²) >= 11 is 0. The predicted molar refractivity (Wildman–Crippen MR) is 103 cm³/mol. The Morgan fingerprint density at radius 2 is 1.96 bits per heavy atom. The monoisotopic (exact) mass is 371 g/mol. The van der Waals surface area contributed by atoms with Crippen molar-refractivity contribution in [1.29, 1.82) is 0 Å². The van der Waals surface area contributed by atoms with Gasteiger partial charge in [-0.15, -0.1) is 0 Å². The van der Waals surface area contributed by atoms with Crippen molar-refractivity contribution in [2.45, 2.75) is 26.7 Å². The zero-order valence-corrected chi connectivity index (χ0v) is 15.7. The number of esters is 1. The summed E-state index contributed by atoms with van der Waals surface area (Å²) in [5, 5.41) is 0.837. The minimum absolute atomic E-state index is 0.126. The van der Waals surface area contributed by atoms with E-state index in [0.717, 1.165) is 22.3 Å². The molecule has 7 heteroatoms. The number of aromatic nitrogens is 1. The number of hydrogen-bond acceptors (Lipinski definition) is 6. The molecule has 0 saturated carbocycles. The second kappa shape index (κ2) is 8.24. The molecule has 0 atom stereocenters. The van der Waals surface area contributed by atoms with Gasteiger partial charge in [-0.05, 0) is 44.9 Å².